The summed E-state index contributed by atoms with van der Waals surface area (Å²) in [5.41, 5.74) is 2.37. The van der Waals surface area contributed by atoms with E-state index in [1.807, 2.05) is 36.4 Å². The van der Waals surface area contributed by atoms with Crippen LogP contribution < -0.4 is 16.4 Å². The molecule has 0 aliphatic rings. The molecule has 5 aromatic rings. The molecule has 0 spiro atoms. The Labute approximate surface area is 188 Å². The molecule has 0 aliphatic heterocycles. The van der Waals surface area contributed by atoms with E-state index in [1.54, 1.807) is 47.4 Å². The van der Waals surface area contributed by atoms with Crippen molar-refractivity contribution >= 4 is 22.6 Å². The summed E-state index contributed by atoms with van der Waals surface area (Å²) in [4.78, 5) is 35.1. The average molecular weight is 436 g/mol. The van der Waals surface area contributed by atoms with E-state index in [0.29, 0.717) is 17.8 Å². The number of pyridine rings is 3. The van der Waals surface area contributed by atoms with Crippen molar-refractivity contribution in [1.29, 1.82) is 5.41 Å². The number of hydrogen-bond acceptors (Lipinski definition) is 5. The second kappa shape index (κ2) is 8.51. The van der Waals surface area contributed by atoms with Crippen molar-refractivity contribution in [2.45, 2.75) is 13.1 Å². The summed E-state index contributed by atoms with van der Waals surface area (Å²) in [5, 5.41) is 11.9. The molecule has 4 heterocycles. The molecule has 0 radical (unpaired) electrons. The maximum Gasteiger partial charge on any atom is 0.267 e. The van der Waals surface area contributed by atoms with Crippen molar-refractivity contribution in [2.75, 3.05) is 0 Å². The number of fused-ring (bicyclic) bond motifs is 2. The first kappa shape index (κ1) is 20.3. The molecule has 0 saturated carbocycles. The maximum absolute atomic E-state index is 13.3. The fourth-order valence-corrected chi connectivity index (χ4v) is 3.76. The highest BCUT2D eigenvalue weighted by atomic mass is 16.1. The number of aromatic nitrogens is 4. The molecule has 0 atom stereocenters. The first-order valence-electron chi connectivity index (χ1n) is 10.4. The fraction of sp³-hybridized carbons (Fsp3) is 0.0800. The van der Waals surface area contributed by atoms with Gasteiger partial charge in [0.05, 0.1) is 17.5 Å². The van der Waals surface area contributed by atoms with Gasteiger partial charge >= 0.3 is 0 Å². The first-order valence-corrected chi connectivity index (χ1v) is 10.4. The summed E-state index contributed by atoms with van der Waals surface area (Å²) in [7, 11) is 0. The molecule has 0 unspecified atom stereocenters. The summed E-state index contributed by atoms with van der Waals surface area (Å²) in [6, 6.07) is 19.9. The number of nitrogens with zero attached hydrogens (tertiary/aromatic N) is 4. The summed E-state index contributed by atoms with van der Waals surface area (Å²) >= 11 is 0. The number of hydrogen-bond donors (Lipinski definition) is 2. The third kappa shape index (κ3) is 3.89. The SMILES string of the molecule is N=c1c(C(=O)NCc2ccccc2)cc2c(=O)n3ccccc3nc2n1Cc1cccnc1. The quantitative estimate of drug-likeness (QED) is 0.413. The lowest BCUT2D eigenvalue weighted by Gasteiger charge is -2.15. The van der Waals surface area contributed by atoms with Crippen molar-refractivity contribution in [3.8, 4) is 0 Å². The lowest BCUT2D eigenvalue weighted by Crippen LogP contribution is -2.35. The lowest BCUT2D eigenvalue weighted by atomic mass is 10.1. The van der Waals surface area contributed by atoms with Gasteiger partial charge < -0.3 is 9.88 Å². The molecule has 33 heavy (non-hydrogen) atoms. The van der Waals surface area contributed by atoms with Crippen molar-refractivity contribution in [2.24, 2.45) is 0 Å². The molecule has 1 aromatic carbocycles. The van der Waals surface area contributed by atoms with Gasteiger partial charge in [-0.2, -0.15) is 0 Å². The number of amides is 1. The Hall–Kier alpha value is -4.59. The Morgan fingerprint density at radius 3 is 2.58 bits per heavy atom. The molecular formula is C25H20N6O2. The van der Waals surface area contributed by atoms with Gasteiger partial charge in [-0.25, -0.2) is 4.98 Å². The van der Waals surface area contributed by atoms with Crippen molar-refractivity contribution < 1.29 is 4.79 Å². The van der Waals surface area contributed by atoms with E-state index in [4.69, 9.17) is 5.41 Å². The van der Waals surface area contributed by atoms with Gasteiger partial charge in [0.15, 0.2) is 0 Å². The lowest BCUT2D eigenvalue weighted by molar-refractivity contribution is 0.0948. The zero-order chi connectivity index (χ0) is 22.8. The van der Waals surface area contributed by atoms with Gasteiger partial charge in [0.1, 0.15) is 16.8 Å². The summed E-state index contributed by atoms with van der Waals surface area (Å²) in [6.07, 6.45) is 4.99. The van der Waals surface area contributed by atoms with Crippen LogP contribution in [-0.4, -0.2) is 24.8 Å². The molecule has 5 rings (SSSR count). The Morgan fingerprint density at radius 1 is 1.00 bits per heavy atom. The van der Waals surface area contributed by atoms with Crippen LogP contribution in [0.15, 0.2) is 90.1 Å². The minimum Gasteiger partial charge on any atom is -0.348 e. The van der Waals surface area contributed by atoms with Crippen LogP contribution in [0.2, 0.25) is 0 Å². The van der Waals surface area contributed by atoms with Crippen LogP contribution in [-0.2, 0) is 13.1 Å². The molecule has 4 aromatic heterocycles. The average Bonchev–Trinajstić information content (AvgIpc) is 2.86. The molecule has 8 nitrogen and oxygen atoms in total. The van der Waals surface area contributed by atoms with E-state index in [9.17, 15) is 9.59 Å². The molecule has 0 aliphatic carbocycles. The van der Waals surface area contributed by atoms with Crippen molar-refractivity contribution in [3.63, 3.8) is 0 Å². The summed E-state index contributed by atoms with van der Waals surface area (Å²) < 4.78 is 3.02. The molecule has 0 bridgehead atoms. The largest absolute Gasteiger partial charge is 0.348 e. The van der Waals surface area contributed by atoms with E-state index >= 15 is 0 Å². The summed E-state index contributed by atoms with van der Waals surface area (Å²) in [6.45, 7) is 0.563. The number of carbonyl (C=O) groups is 1. The molecule has 0 fully saturated rings. The van der Waals surface area contributed by atoms with E-state index in [1.165, 1.54) is 10.5 Å². The topological polar surface area (TPSA) is 105 Å². The number of rotatable bonds is 5. The van der Waals surface area contributed by atoms with Gasteiger partial charge in [-0.1, -0.05) is 42.5 Å². The fourth-order valence-electron chi connectivity index (χ4n) is 3.76. The predicted molar refractivity (Wildman–Crippen MR) is 124 cm³/mol. The highest BCUT2D eigenvalue weighted by Crippen LogP contribution is 2.12. The molecule has 0 saturated heterocycles. The summed E-state index contributed by atoms with van der Waals surface area (Å²) in [5.74, 6) is -0.428. The van der Waals surface area contributed by atoms with E-state index in [0.717, 1.165) is 11.1 Å². The standard InChI is InChI=1S/C25H20N6O2/c26-22-19(24(32)28-15-17-7-2-1-3-8-17)13-20-23(31(22)16-18-9-6-11-27-14-18)29-21-10-4-5-12-30(21)25(20)33/h1-14,26H,15-16H2,(H,28,32). The number of benzene rings is 1. The monoisotopic (exact) mass is 436 g/mol. The van der Waals surface area contributed by atoms with Gasteiger partial charge in [-0.3, -0.25) is 24.4 Å². The third-order valence-corrected chi connectivity index (χ3v) is 5.42. The Balaban J connectivity index is 1.67. The molecule has 8 heteroatoms. The smallest absolute Gasteiger partial charge is 0.267 e. The molecular weight excluding hydrogens is 416 g/mol. The van der Waals surface area contributed by atoms with Gasteiger partial charge in [0.25, 0.3) is 11.5 Å². The second-order valence-corrected chi connectivity index (χ2v) is 7.61. The Kier molecular flexibility index (Phi) is 5.24. The van der Waals surface area contributed by atoms with Crippen LogP contribution in [0.25, 0.3) is 16.7 Å². The molecule has 162 valence electrons. The van der Waals surface area contributed by atoms with E-state index < -0.39 is 5.91 Å². The highest BCUT2D eigenvalue weighted by Gasteiger charge is 2.17. The number of carbonyl (C=O) groups excluding carboxylic acids is 1. The molecule has 2 N–H and O–H groups in total. The van der Waals surface area contributed by atoms with Crippen LogP contribution >= 0.6 is 0 Å². The minimum atomic E-state index is -0.428. The van der Waals surface area contributed by atoms with Gasteiger partial charge in [0, 0.05) is 25.1 Å². The third-order valence-electron chi connectivity index (χ3n) is 5.42. The van der Waals surface area contributed by atoms with Crippen LogP contribution in [0.3, 0.4) is 0 Å². The zero-order valence-corrected chi connectivity index (χ0v) is 17.6. The predicted octanol–water partition coefficient (Wildman–Crippen LogP) is 2.50. The van der Waals surface area contributed by atoms with E-state index in [-0.39, 0.29) is 28.5 Å². The second-order valence-electron chi connectivity index (χ2n) is 7.61. The molecule has 1 amide bonds. The number of nitrogens with one attached hydrogen (secondary N) is 2. The van der Waals surface area contributed by atoms with Crippen molar-refractivity contribution in [3.05, 3.63) is 118 Å². The van der Waals surface area contributed by atoms with Crippen molar-refractivity contribution in [1.82, 2.24) is 24.3 Å². The van der Waals surface area contributed by atoms with Crippen LogP contribution in [0.1, 0.15) is 21.5 Å². The van der Waals surface area contributed by atoms with Gasteiger partial charge in [-0.05, 0) is 35.4 Å². The van der Waals surface area contributed by atoms with E-state index in [2.05, 4.69) is 15.3 Å². The first-order chi connectivity index (χ1) is 16.1. The minimum absolute atomic E-state index is 0.0240. The van der Waals surface area contributed by atoms with Crippen LogP contribution in [0.4, 0.5) is 0 Å². The Bertz CT molecular complexity index is 1590. The maximum atomic E-state index is 13.3. The van der Waals surface area contributed by atoms with Gasteiger partial charge in [0.2, 0.25) is 0 Å². The van der Waals surface area contributed by atoms with Crippen LogP contribution in [0, 0.1) is 5.41 Å². The highest BCUT2D eigenvalue weighted by molar-refractivity contribution is 5.96. The van der Waals surface area contributed by atoms with Crippen LogP contribution in [0.5, 0.6) is 0 Å². The van der Waals surface area contributed by atoms with Gasteiger partial charge in [-0.15, -0.1) is 0 Å². The Morgan fingerprint density at radius 2 is 1.79 bits per heavy atom. The normalized spacial score (nSPS) is 11.0. The zero-order valence-electron chi connectivity index (χ0n) is 17.6.